The van der Waals surface area contributed by atoms with E-state index in [0.717, 1.165) is 16.8 Å². The van der Waals surface area contributed by atoms with Gasteiger partial charge in [0.15, 0.2) is 0 Å². The Morgan fingerprint density at radius 3 is 2.76 bits per heavy atom. The van der Waals surface area contributed by atoms with Gasteiger partial charge in [-0.05, 0) is 30.9 Å². The van der Waals surface area contributed by atoms with Crippen LogP contribution in [0, 0.1) is 12.8 Å². The first kappa shape index (κ1) is 13.1. The number of nitrogens with one attached hydrogen (secondary N) is 1. The number of hydrogen-bond acceptors (Lipinski definition) is 2. The van der Waals surface area contributed by atoms with E-state index in [0.29, 0.717) is 0 Å². The van der Waals surface area contributed by atoms with Crippen molar-refractivity contribution in [3.05, 3.63) is 33.8 Å². The molecule has 0 spiro atoms. The van der Waals surface area contributed by atoms with E-state index >= 15 is 0 Å². The summed E-state index contributed by atoms with van der Waals surface area (Å²) >= 11 is 3.63. The van der Waals surface area contributed by atoms with Crippen LogP contribution in [0.25, 0.3) is 0 Å². The lowest BCUT2D eigenvalue weighted by Crippen LogP contribution is -2.29. The summed E-state index contributed by atoms with van der Waals surface area (Å²) in [7, 11) is 0. The molecule has 0 aromatic heterocycles. The number of benzene rings is 1. The normalized spacial score (nSPS) is 18.5. The molecule has 0 saturated heterocycles. The van der Waals surface area contributed by atoms with E-state index in [2.05, 4.69) is 46.5 Å². The zero-order valence-corrected chi connectivity index (χ0v) is 12.0. The van der Waals surface area contributed by atoms with Crippen LogP contribution in [0.2, 0.25) is 0 Å². The third-order valence-electron chi connectivity index (χ3n) is 3.77. The van der Waals surface area contributed by atoms with Crippen molar-refractivity contribution >= 4 is 15.9 Å². The van der Waals surface area contributed by atoms with E-state index < -0.39 is 0 Å². The van der Waals surface area contributed by atoms with Gasteiger partial charge >= 0.3 is 0 Å². The van der Waals surface area contributed by atoms with Gasteiger partial charge in [-0.1, -0.05) is 59.3 Å². The number of hydrazine groups is 1. The van der Waals surface area contributed by atoms with Gasteiger partial charge in [-0.15, -0.1) is 0 Å². The van der Waals surface area contributed by atoms with Crippen molar-refractivity contribution in [3.8, 4) is 0 Å². The highest BCUT2D eigenvalue weighted by atomic mass is 79.9. The van der Waals surface area contributed by atoms with Crippen molar-refractivity contribution in [2.24, 2.45) is 11.8 Å². The van der Waals surface area contributed by atoms with E-state index in [4.69, 9.17) is 5.84 Å². The molecule has 0 heterocycles. The van der Waals surface area contributed by atoms with Crippen LogP contribution in [-0.4, -0.2) is 0 Å². The van der Waals surface area contributed by atoms with Crippen molar-refractivity contribution in [1.82, 2.24) is 5.43 Å². The molecule has 0 bridgehead atoms. The van der Waals surface area contributed by atoms with Gasteiger partial charge in [-0.25, -0.2) is 0 Å². The van der Waals surface area contributed by atoms with Gasteiger partial charge in [0, 0.05) is 10.5 Å². The zero-order valence-electron chi connectivity index (χ0n) is 10.4. The Hall–Kier alpha value is -0.380. The number of nitrogens with two attached hydrogens (primary N) is 1. The van der Waals surface area contributed by atoms with Gasteiger partial charge in [0.25, 0.3) is 0 Å². The molecule has 2 rings (SSSR count). The van der Waals surface area contributed by atoms with Crippen molar-refractivity contribution in [1.29, 1.82) is 0 Å². The van der Waals surface area contributed by atoms with E-state index in [9.17, 15) is 0 Å². The molecule has 0 aliphatic heterocycles. The smallest absolute Gasteiger partial charge is 0.0473 e. The number of rotatable bonds is 4. The minimum atomic E-state index is 0.271. The SMILES string of the molecule is Cc1ccc(Br)c(C(CC2CCCC2)NN)c1. The topological polar surface area (TPSA) is 38.0 Å². The standard InChI is InChI=1S/C14H21BrN2/c1-10-6-7-13(15)12(8-10)14(17-16)9-11-4-2-3-5-11/h6-8,11,14,17H,2-5,9,16H2,1H3. The van der Waals surface area contributed by atoms with Gasteiger partial charge < -0.3 is 0 Å². The predicted molar refractivity (Wildman–Crippen MR) is 75.5 cm³/mol. The monoisotopic (exact) mass is 296 g/mol. The molecule has 1 unspecified atom stereocenters. The third kappa shape index (κ3) is 3.30. The quantitative estimate of drug-likeness (QED) is 0.654. The lowest BCUT2D eigenvalue weighted by Gasteiger charge is -2.21. The average molecular weight is 297 g/mol. The van der Waals surface area contributed by atoms with E-state index in [1.807, 2.05) is 0 Å². The first-order valence-electron chi connectivity index (χ1n) is 6.43. The third-order valence-corrected chi connectivity index (χ3v) is 4.49. The van der Waals surface area contributed by atoms with Gasteiger partial charge in [0.2, 0.25) is 0 Å². The first-order chi connectivity index (χ1) is 8.20. The molecular formula is C14H21BrN2. The fourth-order valence-electron chi connectivity index (χ4n) is 2.79. The fraction of sp³-hybridized carbons (Fsp3) is 0.571. The summed E-state index contributed by atoms with van der Waals surface area (Å²) in [6.07, 6.45) is 6.65. The maximum Gasteiger partial charge on any atom is 0.0473 e. The summed E-state index contributed by atoms with van der Waals surface area (Å²) in [5, 5.41) is 0. The van der Waals surface area contributed by atoms with Crippen molar-refractivity contribution in [3.63, 3.8) is 0 Å². The van der Waals surface area contributed by atoms with Crippen LogP contribution >= 0.6 is 15.9 Å². The minimum absolute atomic E-state index is 0.271. The molecular weight excluding hydrogens is 276 g/mol. The molecule has 1 aliphatic carbocycles. The lowest BCUT2D eigenvalue weighted by atomic mass is 9.93. The highest BCUT2D eigenvalue weighted by Crippen LogP contribution is 2.35. The molecule has 3 N–H and O–H groups in total. The summed E-state index contributed by atoms with van der Waals surface area (Å²) in [4.78, 5) is 0. The van der Waals surface area contributed by atoms with Crippen LogP contribution in [0.1, 0.15) is 49.3 Å². The van der Waals surface area contributed by atoms with Crippen LogP contribution in [-0.2, 0) is 0 Å². The Balaban J connectivity index is 2.13. The maximum absolute atomic E-state index is 5.73. The Morgan fingerprint density at radius 1 is 1.41 bits per heavy atom. The molecule has 17 heavy (non-hydrogen) atoms. The summed E-state index contributed by atoms with van der Waals surface area (Å²) in [6.45, 7) is 2.12. The summed E-state index contributed by atoms with van der Waals surface area (Å²) in [5.41, 5.74) is 5.56. The molecule has 1 aromatic rings. The fourth-order valence-corrected chi connectivity index (χ4v) is 3.32. The van der Waals surface area contributed by atoms with E-state index in [1.54, 1.807) is 0 Å². The molecule has 94 valence electrons. The summed E-state index contributed by atoms with van der Waals surface area (Å²) < 4.78 is 1.16. The van der Waals surface area contributed by atoms with Gasteiger partial charge in [-0.2, -0.15) is 0 Å². The zero-order chi connectivity index (χ0) is 12.3. The highest BCUT2D eigenvalue weighted by Gasteiger charge is 2.21. The molecule has 1 fully saturated rings. The number of halogens is 1. The van der Waals surface area contributed by atoms with Crippen molar-refractivity contribution in [2.75, 3.05) is 0 Å². The second-order valence-corrected chi connectivity index (χ2v) is 5.98. The van der Waals surface area contributed by atoms with Crippen LogP contribution in [0.15, 0.2) is 22.7 Å². The molecule has 1 saturated carbocycles. The van der Waals surface area contributed by atoms with Crippen LogP contribution in [0.5, 0.6) is 0 Å². The largest absolute Gasteiger partial charge is 0.271 e. The molecule has 0 radical (unpaired) electrons. The second kappa shape index (κ2) is 5.98. The Morgan fingerprint density at radius 2 is 2.12 bits per heavy atom. The summed E-state index contributed by atoms with van der Waals surface area (Å²) in [5.74, 6) is 6.57. The Labute approximate surface area is 112 Å². The molecule has 1 atom stereocenters. The maximum atomic E-state index is 5.73. The highest BCUT2D eigenvalue weighted by molar-refractivity contribution is 9.10. The van der Waals surface area contributed by atoms with Crippen LogP contribution < -0.4 is 11.3 Å². The van der Waals surface area contributed by atoms with Crippen molar-refractivity contribution in [2.45, 2.75) is 45.1 Å². The number of aryl methyl sites for hydroxylation is 1. The van der Waals surface area contributed by atoms with Crippen molar-refractivity contribution < 1.29 is 0 Å². The molecule has 1 aromatic carbocycles. The number of hydrogen-bond donors (Lipinski definition) is 2. The summed E-state index contributed by atoms with van der Waals surface area (Å²) in [6, 6.07) is 6.73. The van der Waals surface area contributed by atoms with Crippen LogP contribution in [0.3, 0.4) is 0 Å². The predicted octanol–water partition coefficient (Wildman–Crippen LogP) is 3.84. The first-order valence-corrected chi connectivity index (χ1v) is 7.22. The minimum Gasteiger partial charge on any atom is -0.271 e. The van der Waals surface area contributed by atoms with E-state index in [-0.39, 0.29) is 6.04 Å². The molecule has 3 heteroatoms. The Bertz CT molecular complexity index is 372. The molecule has 0 amide bonds. The Kier molecular flexibility index (Phi) is 4.60. The average Bonchev–Trinajstić information content (AvgIpc) is 2.82. The van der Waals surface area contributed by atoms with Crippen LogP contribution in [0.4, 0.5) is 0 Å². The lowest BCUT2D eigenvalue weighted by molar-refractivity contribution is 0.399. The second-order valence-electron chi connectivity index (χ2n) is 5.13. The van der Waals surface area contributed by atoms with E-state index in [1.165, 1.54) is 36.8 Å². The molecule has 2 nitrogen and oxygen atoms in total. The van der Waals surface area contributed by atoms with Gasteiger partial charge in [0.1, 0.15) is 0 Å². The molecule has 1 aliphatic rings. The van der Waals surface area contributed by atoms with Gasteiger partial charge in [-0.3, -0.25) is 11.3 Å². The van der Waals surface area contributed by atoms with Gasteiger partial charge in [0.05, 0.1) is 0 Å².